The summed E-state index contributed by atoms with van der Waals surface area (Å²) < 4.78 is 39.7. The normalized spacial score (nSPS) is 28.5. The number of carbonyl (C=O) groups is 1. The Balaban J connectivity index is 1.81. The van der Waals surface area contributed by atoms with Crippen LogP contribution in [0.1, 0.15) is 12.8 Å². The first kappa shape index (κ1) is 15.7. The highest BCUT2D eigenvalue weighted by Crippen LogP contribution is 2.23. The Hall–Kier alpha value is -0.730. The van der Waals surface area contributed by atoms with Gasteiger partial charge in [0.15, 0.2) is 0 Å². The van der Waals surface area contributed by atoms with E-state index in [1.165, 1.54) is 4.90 Å². The number of hydrogen-bond donors (Lipinski definition) is 0. The highest BCUT2D eigenvalue weighted by atomic mass is 32.3. The van der Waals surface area contributed by atoms with Crippen molar-refractivity contribution in [3.8, 4) is 0 Å². The third-order valence-electron chi connectivity index (χ3n) is 4.04. The van der Waals surface area contributed by atoms with E-state index in [-0.39, 0.29) is 18.9 Å². The molecule has 0 aliphatic carbocycles. The van der Waals surface area contributed by atoms with E-state index < -0.39 is 15.5 Å². The molecule has 2 rings (SSSR count). The van der Waals surface area contributed by atoms with Crippen molar-refractivity contribution in [1.82, 2.24) is 9.80 Å². The van der Waals surface area contributed by atoms with Gasteiger partial charge in [-0.25, -0.2) is 0 Å². The number of ether oxygens (including phenoxy) is 1. The van der Waals surface area contributed by atoms with Crippen LogP contribution in [0.15, 0.2) is 0 Å². The van der Waals surface area contributed by atoms with Crippen LogP contribution < -0.4 is 0 Å². The van der Waals surface area contributed by atoms with Gasteiger partial charge in [-0.3, -0.25) is 4.79 Å². The number of carbonyl (C=O) groups excluding carboxylic acids is 1. The molecule has 0 aromatic carbocycles. The number of halogens is 1. The fourth-order valence-corrected chi connectivity index (χ4v) is 3.60. The van der Waals surface area contributed by atoms with E-state index >= 15 is 0 Å². The molecule has 0 radical (unpaired) electrons. The summed E-state index contributed by atoms with van der Waals surface area (Å²) in [6.07, 6.45) is 0.749. The first-order valence-corrected chi connectivity index (χ1v) is 8.27. The minimum atomic E-state index is -4.61. The van der Waals surface area contributed by atoms with E-state index in [0.717, 1.165) is 26.1 Å². The van der Waals surface area contributed by atoms with Gasteiger partial charge in [-0.05, 0) is 18.9 Å². The molecule has 0 N–H and O–H groups in total. The zero-order valence-electron chi connectivity index (χ0n) is 11.6. The summed E-state index contributed by atoms with van der Waals surface area (Å²) in [6, 6.07) is 0. The monoisotopic (exact) mass is 308 g/mol. The van der Waals surface area contributed by atoms with Gasteiger partial charge in [0.05, 0.1) is 6.61 Å². The molecule has 2 unspecified atom stereocenters. The number of hydrogen-bond acceptors (Lipinski definition) is 5. The van der Waals surface area contributed by atoms with Gasteiger partial charge in [-0.1, -0.05) is 0 Å². The summed E-state index contributed by atoms with van der Waals surface area (Å²) in [7, 11) is -2.95. The van der Waals surface area contributed by atoms with Gasteiger partial charge in [0.1, 0.15) is 5.25 Å². The van der Waals surface area contributed by atoms with Crippen molar-refractivity contribution >= 4 is 16.1 Å². The maximum Gasteiger partial charge on any atom is 0.307 e. The number of nitrogens with zero attached hydrogens (tertiary/aromatic N) is 2. The Morgan fingerprint density at radius 3 is 2.75 bits per heavy atom. The summed E-state index contributed by atoms with van der Waals surface area (Å²) in [5.41, 5.74) is 0. The third kappa shape index (κ3) is 3.89. The van der Waals surface area contributed by atoms with Gasteiger partial charge in [0.2, 0.25) is 5.91 Å². The van der Waals surface area contributed by atoms with Gasteiger partial charge in [0.25, 0.3) is 0 Å². The van der Waals surface area contributed by atoms with Gasteiger partial charge in [-0.15, -0.1) is 3.89 Å². The second-order valence-corrected chi connectivity index (χ2v) is 7.17. The first-order valence-electron chi connectivity index (χ1n) is 6.82. The maximum atomic E-state index is 12.9. The third-order valence-corrected chi connectivity index (χ3v) is 5.15. The zero-order valence-corrected chi connectivity index (χ0v) is 12.4. The highest BCUT2D eigenvalue weighted by Gasteiger charge is 2.39. The number of likely N-dealkylation sites (tertiary alicyclic amines) is 2. The SMILES string of the molecule is COCCN1CCC(CN2CC(S(=O)(=O)F)CC2=O)C1. The lowest BCUT2D eigenvalue weighted by molar-refractivity contribution is -0.128. The molecule has 0 aromatic heterocycles. The zero-order chi connectivity index (χ0) is 14.8. The second-order valence-electron chi connectivity index (χ2n) is 5.55. The summed E-state index contributed by atoms with van der Waals surface area (Å²) >= 11 is 0. The molecule has 2 aliphatic heterocycles. The van der Waals surface area contributed by atoms with Crippen molar-refractivity contribution in [2.45, 2.75) is 18.1 Å². The quantitative estimate of drug-likeness (QED) is 0.639. The van der Waals surface area contributed by atoms with Crippen molar-refractivity contribution in [3.05, 3.63) is 0 Å². The van der Waals surface area contributed by atoms with Crippen molar-refractivity contribution < 1.29 is 21.8 Å². The van der Waals surface area contributed by atoms with Crippen LogP contribution in [0.25, 0.3) is 0 Å². The fourth-order valence-electron chi connectivity index (χ4n) is 2.90. The van der Waals surface area contributed by atoms with Crippen LogP contribution in [0, 0.1) is 5.92 Å². The van der Waals surface area contributed by atoms with Crippen LogP contribution in [0.5, 0.6) is 0 Å². The molecule has 0 saturated carbocycles. The molecule has 116 valence electrons. The average Bonchev–Trinajstić information content (AvgIpc) is 2.95. The molecule has 0 spiro atoms. The minimum absolute atomic E-state index is 0.00770. The van der Waals surface area contributed by atoms with E-state index in [1.54, 1.807) is 7.11 Å². The van der Waals surface area contributed by atoms with E-state index in [2.05, 4.69) is 4.90 Å². The average molecular weight is 308 g/mol. The summed E-state index contributed by atoms with van der Waals surface area (Å²) in [5.74, 6) is 0.0726. The topological polar surface area (TPSA) is 66.9 Å². The second kappa shape index (κ2) is 6.36. The molecular weight excluding hydrogens is 287 g/mol. The molecule has 8 heteroatoms. The number of rotatable bonds is 6. The summed E-state index contributed by atoms with van der Waals surface area (Å²) in [5, 5.41) is -1.18. The van der Waals surface area contributed by atoms with Crippen LogP contribution in [0.4, 0.5) is 3.89 Å². The van der Waals surface area contributed by atoms with E-state index in [0.29, 0.717) is 19.1 Å². The molecule has 6 nitrogen and oxygen atoms in total. The summed E-state index contributed by atoms with van der Waals surface area (Å²) in [4.78, 5) is 15.5. The highest BCUT2D eigenvalue weighted by molar-refractivity contribution is 7.87. The molecule has 20 heavy (non-hydrogen) atoms. The Morgan fingerprint density at radius 2 is 2.15 bits per heavy atom. The first-order chi connectivity index (χ1) is 9.40. The van der Waals surface area contributed by atoms with Gasteiger partial charge >= 0.3 is 10.2 Å². The van der Waals surface area contributed by atoms with Crippen molar-refractivity contribution in [1.29, 1.82) is 0 Å². The predicted octanol–water partition coefficient (Wildman–Crippen LogP) is -0.145. The Morgan fingerprint density at radius 1 is 1.40 bits per heavy atom. The fraction of sp³-hybridized carbons (Fsp3) is 0.917. The molecule has 2 atom stereocenters. The van der Waals surface area contributed by atoms with Crippen molar-refractivity contribution in [3.63, 3.8) is 0 Å². The number of methoxy groups -OCH3 is 1. The van der Waals surface area contributed by atoms with Crippen molar-refractivity contribution in [2.75, 3.05) is 46.4 Å². The largest absolute Gasteiger partial charge is 0.383 e. The predicted molar refractivity (Wildman–Crippen MR) is 71.4 cm³/mol. The Bertz CT molecular complexity index is 456. The van der Waals surface area contributed by atoms with Crippen LogP contribution in [-0.4, -0.2) is 75.8 Å². The minimum Gasteiger partial charge on any atom is -0.383 e. The van der Waals surface area contributed by atoms with Crippen LogP contribution in [-0.2, 0) is 19.8 Å². The molecule has 2 aliphatic rings. The lowest BCUT2D eigenvalue weighted by atomic mass is 10.1. The van der Waals surface area contributed by atoms with Gasteiger partial charge < -0.3 is 14.5 Å². The molecular formula is C12H21FN2O4S. The molecule has 2 saturated heterocycles. The molecule has 2 heterocycles. The van der Waals surface area contributed by atoms with Gasteiger partial charge in [0, 0.05) is 39.7 Å². The lowest BCUT2D eigenvalue weighted by Gasteiger charge is -2.21. The van der Waals surface area contributed by atoms with Crippen LogP contribution >= 0.6 is 0 Å². The van der Waals surface area contributed by atoms with Crippen molar-refractivity contribution in [2.24, 2.45) is 5.92 Å². The van der Waals surface area contributed by atoms with Crippen LogP contribution in [0.3, 0.4) is 0 Å². The molecule has 0 bridgehead atoms. The lowest BCUT2D eigenvalue weighted by Crippen LogP contribution is -2.34. The van der Waals surface area contributed by atoms with Gasteiger partial charge in [-0.2, -0.15) is 8.42 Å². The number of amides is 1. The maximum absolute atomic E-state index is 12.9. The summed E-state index contributed by atoms with van der Waals surface area (Å²) in [6.45, 7) is 3.89. The molecule has 2 fully saturated rings. The smallest absolute Gasteiger partial charge is 0.307 e. The standard InChI is InChI=1S/C12H21FN2O4S/c1-19-5-4-14-3-2-10(7-14)8-15-9-11(6-12(15)16)20(13,17)18/h10-11H,2-9H2,1H3. The van der Waals surface area contributed by atoms with E-state index in [1.807, 2.05) is 0 Å². The Kier molecular flexibility index (Phi) is 4.98. The molecule has 1 amide bonds. The van der Waals surface area contributed by atoms with E-state index in [9.17, 15) is 17.1 Å². The van der Waals surface area contributed by atoms with E-state index in [4.69, 9.17) is 4.74 Å². The Labute approximate surface area is 119 Å². The molecule has 0 aromatic rings. The van der Waals surface area contributed by atoms with Crippen LogP contribution in [0.2, 0.25) is 0 Å².